The summed E-state index contributed by atoms with van der Waals surface area (Å²) < 4.78 is 44.8. The number of allylic oxidation sites excluding steroid dienone is 1. The molecule has 0 atom stereocenters. The molecule has 9 heteroatoms. The molecule has 0 saturated carbocycles. The summed E-state index contributed by atoms with van der Waals surface area (Å²) in [6.07, 6.45) is 3.21. The number of thiophene rings is 1. The van der Waals surface area contributed by atoms with Crippen LogP contribution in [-0.4, -0.2) is 29.4 Å². The molecule has 3 heterocycles. The minimum absolute atomic E-state index is 0.0744. The maximum Gasteiger partial charge on any atom is 0.420 e. The van der Waals surface area contributed by atoms with E-state index in [0.29, 0.717) is 18.5 Å². The van der Waals surface area contributed by atoms with Crippen molar-refractivity contribution in [2.45, 2.75) is 46.0 Å². The van der Waals surface area contributed by atoms with Crippen molar-refractivity contribution in [3.63, 3.8) is 0 Å². The number of aromatic nitrogens is 1. The maximum atomic E-state index is 13.3. The highest BCUT2D eigenvalue weighted by Gasteiger charge is 2.35. The second kappa shape index (κ2) is 10.8. The Hall–Kier alpha value is -3.17. The predicted molar refractivity (Wildman–Crippen MR) is 136 cm³/mol. The van der Waals surface area contributed by atoms with Crippen LogP contribution < -0.4 is 10.1 Å². The van der Waals surface area contributed by atoms with E-state index in [4.69, 9.17) is 4.74 Å². The number of nitrogens with zero attached hydrogens (tertiary/aromatic N) is 2. The van der Waals surface area contributed by atoms with Crippen LogP contribution in [0.4, 0.5) is 18.9 Å². The first-order valence-corrected chi connectivity index (χ1v) is 12.6. The van der Waals surface area contributed by atoms with E-state index < -0.39 is 17.6 Å². The van der Waals surface area contributed by atoms with E-state index in [0.717, 1.165) is 52.8 Å². The molecule has 1 aromatic carbocycles. The Kier molecular flexibility index (Phi) is 7.80. The number of carbonyl (C=O) groups excluding carboxylic acids is 1. The molecular formula is C27H28F3N3O2S. The number of amides is 1. The largest absolute Gasteiger partial charge is 0.496 e. The van der Waals surface area contributed by atoms with E-state index in [9.17, 15) is 18.0 Å². The molecule has 1 N–H and O–H groups in total. The molecule has 0 fully saturated rings. The smallest absolute Gasteiger partial charge is 0.420 e. The summed E-state index contributed by atoms with van der Waals surface area (Å²) in [6.45, 7) is 6.34. The van der Waals surface area contributed by atoms with Crippen molar-refractivity contribution in [3.05, 3.63) is 80.3 Å². The minimum atomic E-state index is -4.59. The summed E-state index contributed by atoms with van der Waals surface area (Å²) >= 11 is 1.51. The fourth-order valence-corrected chi connectivity index (χ4v) is 5.39. The monoisotopic (exact) mass is 515 g/mol. The molecule has 5 nitrogen and oxygen atoms in total. The van der Waals surface area contributed by atoms with Gasteiger partial charge in [0, 0.05) is 47.5 Å². The number of benzene rings is 1. The van der Waals surface area contributed by atoms with Gasteiger partial charge < -0.3 is 10.1 Å². The number of fused-ring (bicyclic) bond motifs is 1. The quantitative estimate of drug-likeness (QED) is 0.380. The van der Waals surface area contributed by atoms with Gasteiger partial charge in [-0.3, -0.25) is 14.7 Å². The lowest BCUT2D eigenvalue weighted by Gasteiger charge is -2.27. The molecule has 0 spiro atoms. The number of anilines is 1. The fourth-order valence-electron chi connectivity index (χ4n) is 4.27. The number of aryl methyl sites for hydroxylation is 1. The summed E-state index contributed by atoms with van der Waals surface area (Å²) in [6, 6.07) is 5.69. The molecule has 4 rings (SSSR count). The molecule has 0 bridgehead atoms. The highest BCUT2D eigenvalue weighted by atomic mass is 32.1. The average molecular weight is 516 g/mol. The first-order valence-electron chi connectivity index (χ1n) is 11.7. The van der Waals surface area contributed by atoms with E-state index >= 15 is 0 Å². The van der Waals surface area contributed by atoms with Gasteiger partial charge in [-0.2, -0.15) is 13.2 Å². The lowest BCUT2D eigenvalue weighted by molar-refractivity contribution is -0.138. The molecule has 0 aliphatic carbocycles. The van der Waals surface area contributed by atoms with E-state index in [-0.39, 0.29) is 11.4 Å². The van der Waals surface area contributed by atoms with Gasteiger partial charge in [-0.1, -0.05) is 19.1 Å². The Morgan fingerprint density at radius 2 is 2.11 bits per heavy atom. The third kappa shape index (κ3) is 5.79. The number of methoxy groups -OCH3 is 1. The Bertz CT molecular complexity index is 1280. The van der Waals surface area contributed by atoms with Crippen LogP contribution in [0.5, 0.6) is 5.75 Å². The first kappa shape index (κ1) is 25.9. The molecule has 190 valence electrons. The van der Waals surface area contributed by atoms with Crippen molar-refractivity contribution in [1.82, 2.24) is 9.88 Å². The third-order valence-corrected chi connectivity index (χ3v) is 7.17. The number of halogens is 3. The number of hydrogen-bond acceptors (Lipinski definition) is 5. The summed E-state index contributed by atoms with van der Waals surface area (Å²) in [5.41, 5.74) is 3.88. The number of hydrogen-bond donors (Lipinski definition) is 1. The second-order valence-corrected chi connectivity index (χ2v) is 9.67. The molecule has 1 aliphatic heterocycles. The van der Waals surface area contributed by atoms with Gasteiger partial charge in [0.25, 0.3) is 5.91 Å². The van der Waals surface area contributed by atoms with Crippen LogP contribution in [0.25, 0.3) is 6.08 Å². The standard InChI is InChI=1S/C27H28F3N3O2S/c1-4-5-6-19-11-18(13-31-17(19)2)14-33-10-9-21-22(16-36-25(21)15-33)26(34)32-20-7-8-24(35-3)23(12-20)27(28,29)30/h5-8,11-13,16H,4,9-10,14-15H2,1-3H3,(H,32,34)/b6-5-. The zero-order valence-corrected chi connectivity index (χ0v) is 21.2. The molecule has 36 heavy (non-hydrogen) atoms. The highest BCUT2D eigenvalue weighted by molar-refractivity contribution is 7.10. The van der Waals surface area contributed by atoms with Crippen molar-refractivity contribution in [2.24, 2.45) is 0 Å². The van der Waals surface area contributed by atoms with Crippen molar-refractivity contribution in [2.75, 3.05) is 19.0 Å². The summed E-state index contributed by atoms with van der Waals surface area (Å²) in [5.74, 6) is -0.694. The highest BCUT2D eigenvalue weighted by Crippen LogP contribution is 2.38. The van der Waals surface area contributed by atoms with Crippen LogP contribution in [0.3, 0.4) is 0 Å². The Morgan fingerprint density at radius 1 is 1.31 bits per heavy atom. The number of rotatable bonds is 7. The number of ether oxygens (including phenoxy) is 1. The van der Waals surface area contributed by atoms with Crippen molar-refractivity contribution in [1.29, 1.82) is 0 Å². The van der Waals surface area contributed by atoms with Gasteiger partial charge in [-0.05, 0) is 60.7 Å². The molecule has 0 unspecified atom stereocenters. The molecular weight excluding hydrogens is 487 g/mol. The Labute approximate surface area is 212 Å². The van der Waals surface area contributed by atoms with Crippen LogP contribution in [0.2, 0.25) is 0 Å². The number of carbonyl (C=O) groups is 1. The van der Waals surface area contributed by atoms with Gasteiger partial charge in [0.1, 0.15) is 5.75 Å². The topological polar surface area (TPSA) is 54.5 Å². The number of nitrogens with one attached hydrogen (secondary N) is 1. The van der Waals surface area contributed by atoms with E-state index in [2.05, 4.69) is 40.3 Å². The lowest BCUT2D eigenvalue weighted by Crippen LogP contribution is -2.30. The molecule has 3 aromatic rings. The van der Waals surface area contributed by atoms with Gasteiger partial charge in [0.05, 0.1) is 18.2 Å². The normalized spacial score (nSPS) is 14.2. The van der Waals surface area contributed by atoms with Gasteiger partial charge in [0.15, 0.2) is 0 Å². The third-order valence-electron chi connectivity index (χ3n) is 6.16. The zero-order valence-electron chi connectivity index (χ0n) is 20.4. The van der Waals surface area contributed by atoms with E-state index in [1.807, 2.05) is 13.1 Å². The minimum Gasteiger partial charge on any atom is -0.496 e. The number of alkyl halides is 3. The van der Waals surface area contributed by atoms with Crippen LogP contribution in [-0.2, 0) is 25.7 Å². The molecule has 0 saturated heterocycles. The predicted octanol–water partition coefficient (Wildman–Crippen LogP) is 6.71. The van der Waals surface area contributed by atoms with E-state index in [1.54, 1.807) is 5.38 Å². The molecule has 2 aromatic heterocycles. The van der Waals surface area contributed by atoms with Crippen LogP contribution in [0.15, 0.2) is 41.9 Å². The summed E-state index contributed by atoms with van der Waals surface area (Å²) in [5, 5.41) is 4.41. The molecule has 1 amide bonds. The van der Waals surface area contributed by atoms with Gasteiger partial charge in [-0.25, -0.2) is 0 Å². The molecule has 0 radical (unpaired) electrons. The van der Waals surface area contributed by atoms with Crippen LogP contribution >= 0.6 is 11.3 Å². The van der Waals surface area contributed by atoms with E-state index in [1.165, 1.54) is 30.6 Å². The summed E-state index contributed by atoms with van der Waals surface area (Å²) in [7, 11) is 1.18. The molecule has 1 aliphatic rings. The lowest BCUT2D eigenvalue weighted by atomic mass is 10.0. The SMILES string of the molecule is CC/C=C\c1cc(CN2CCc3c(C(=O)Nc4ccc(OC)c(C(F)(F)F)c4)csc3C2)cnc1C. The maximum absolute atomic E-state index is 13.3. The number of pyridine rings is 1. The fraction of sp³-hybridized carbons (Fsp3) is 0.333. The first-order chi connectivity index (χ1) is 17.2. The van der Waals surface area contributed by atoms with Crippen molar-refractivity contribution < 1.29 is 22.7 Å². The van der Waals surface area contributed by atoms with Crippen LogP contribution in [0.1, 0.15) is 56.5 Å². The van der Waals surface area contributed by atoms with Gasteiger partial charge in [0.2, 0.25) is 0 Å². The Balaban J connectivity index is 1.46. The summed E-state index contributed by atoms with van der Waals surface area (Å²) in [4.78, 5) is 20.9. The van der Waals surface area contributed by atoms with Gasteiger partial charge in [-0.15, -0.1) is 11.3 Å². The Morgan fingerprint density at radius 3 is 2.83 bits per heavy atom. The van der Waals surface area contributed by atoms with Crippen molar-refractivity contribution in [3.8, 4) is 5.75 Å². The average Bonchev–Trinajstić information content (AvgIpc) is 3.27. The second-order valence-electron chi connectivity index (χ2n) is 8.71. The zero-order chi connectivity index (χ0) is 25.9. The van der Waals surface area contributed by atoms with Crippen LogP contribution in [0, 0.1) is 6.92 Å². The van der Waals surface area contributed by atoms with Gasteiger partial charge >= 0.3 is 6.18 Å². The van der Waals surface area contributed by atoms with Crippen molar-refractivity contribution >= 4 is 29.0 Å².